The van der Waals surface area contributed by atoms with E-state index in [0.717, 1.165) is 3.57 Å². The Labute approximate surface area is 150 Å². The van der Waals surface area contributed by atoms with Crippen LogP contribution in [0.3, 0.4) is 0 Å². The molecule has 1 aromatic carbocycles. The van der Waals surface area contributed by atoms with Crippen molar-refractivity contribution in [3.05, 3.63) is 26.8 Å². The van der Waals surface area contributed by atoms with Gasteiger partial charge in [0.25, 0.3) is 5.91 Å². The van der Waals surface area contributed by atoms with Gasteiger partial charge in [-0.3, -0.25) is 4.79 Å². The number of amides is 1. The molecule has 1 amide bonds. The first-order valence-electron chi connectivity index (χ1n) is 6.80. The lowest BCUT2D eigenvalue weighted by atomic mass is 10.1. The molecule has 0 saturated carbocycles. The summed E-state index contributed by atoms with van der Waals surface area (Å²) in [6.45, 7) is 2.45. The predicted octanol–water partition coefficient (Wildman–Crippen LogP) is 2.70. The highest BCUT2D eigenvalue weighted by molar-refractivity contribution is 14.1. The molecule has 0 aromatic heterocycles. The second kappa shape index (κ2) is 9.06. The molecule has 0 aliphatic carbocycles. The van der Waals surface area contributed by atoms with Gasteiger partial charge >= 0.3 is 0 Å². The lowest BCUT2D eigenvalue weighted by molar-refractivity contribution is -0.124. The molecule has 1 aromatic rings. The van der Waals surface area contributed by atoms with Crippen molar-refractivity contribution in [3.8, 4) is 29.9 Å². The molecule has 0 spiro atoms. The van der Waals surface area contributed by atoms with E-state index in [1.54, 1.807) is 26.2 Å². The first kappa shape index (κ1) is 18.9. The molecule has 1 rings (SSSR count). The monoisotopic (exact) mass is 424 g/mol. The standard InChI is InChI=1S/C17H17IN2O3/c1-5-7-23-16-14(18)9-12(10-15(16)22-6-2)8-13(11-19)17(21)20(3)4/h1,8-10H,6-7H2,2-4H3/b13-8-. The zero-order chi connectivity index (χ0) is 17.4. The van der Waals surface area contributed by atoms with Crippen molar-refractivity contribution >= 4 is 34.6 Å². The molecule has 0 aliphatic rings. The van der Waals surface area contributed by atoms with Crippen LogP contribution in [0.1, 0.15) is 12.5 Å². The van der Waals surface area contributed by atoms with Gasteiger partial charge in [-0.25, -0.2) is 0 Å². The molecular formula is C17H17IN2O3. The average Bonchev–Trinajstić information content (AvgIpc) is 2.51. The van der Waals surface area contributed by atoms with E-state index in [9.17, 15) is 10.1 Å². The predicted molar refractivity (Wildman–Crippen MR) is 96.9 cm³/mol. The normalized spacial score (nSPS) is 10.4. The maximum atomic E-state index is 11.9. The van der Waals surface area contributed by atoms with Crippen LogP contribution < -0.4 is 9.47 Å². The van der Waals surface area contributed by atoms with Crippen LogP contribution in [0.25, 0.3) is 6.08 Å². The van der Waals surface area contributed by atoms with Crippen molar-refractivity contribution < 1.29 is 14.3 Å². The molecule has 120 valence electrons. The van der Waals surface area contributed by atoms with E-state index >= 15 is 0 Å². The van der Waals surface area contributed by atoms with E-state index < -0.39 is 0 Å². The minimum absolute atomic E-state index is 0.0468. The summed E-state index contributed by atoms with van der Waals surface area (Å²) in [5, 5.41) is 9.17. The zero-order valence-electron chi connectivity index (χ0n) is 13.2. The van der Waals surface area contributed by atoms with Crippen LogP contribution in [-0.4, -0.2) is 38.1 Å². The van der Waals surface area contributed by atoms with Crippen LogP contribution in [0.5, 0.6) is 11.5 Å². The largest absolute Gasteiger partial charge is 0.490 e. The van der Waals surface area contributed by atoms with Crippen molar-refractivity contribution in [3.63, 3.8) is 0 Å². The van der Waals surface area contributed by atoms with E-state index in [0.29, 0.717) is 23.7 Å². The number of halogens is 1. The van der Waals surface area contributed by atoms with E-state index in [1.807, 2.05) is 13.0 Å². The van der Waals surface area contributed by atoms with Crippen molar-refractivity contribution in [2.45, 2.75) is 6.92 Å². The fraction of sp³-hybridized carbons (Fsp3) is 0.294. The van der Waals surface area contributed by atoms with Gasteiger partial charge in [0.05, 0.1) is 10.2 Å². The quantitative estimate of drug-likeness (QED) is 0.305. The molecule has 0 unspecified atom stereocenters. The van der Waals surface area contributed by atoms with Crippen molar-refractivity contribution in [1.82, 2.24) is 4.90 Å². The van der Waals surface area contributed by atoms with E-state index in [-0.39, 0.29) is 18.1 Å². The topological polar surface area (TPSA) is 62.6 Å². The highest BCUT2D eigenvalue weighted by atomic mass is 127. The number of benzene rings is 1. The Morgan fingerprint density at radius 2 is 2.13 bits per heavy atom. The first-order chi connectivity index (χ1) is 10.9. The van der Waals surface area contributed by atoms with Gasteiger partial charge in [-0.2, -0.15) is 5.26 Å². The third kappa shape index (κ3) is 5.19. The van der Waals surface area contributed by atoms with Gasteiger partial charge in [-0.05, 0) is 53.3 Å². The Morgan fingerprint density at radius 1 is 1.43 bits per heavy atom. The molecule has 0 saturated heterocycles. The number of nitrogens with zero attached hydrogens (tertiary/aromatic N) is 2. The van der Waals surface area contributed by atoms with Crippen molar-refractivity contribution in [2.24, 2.45) is 0 Å². The number of rotatable bonds is 6. The van der Waals surface area contributed by atoms with Gasteiger partial charge in [0.1, 0.15) is 18.2 Å². The summed E-state index contributed by atoms with van der Waals surface area (Å²) in [5.41, 5.74) is 0.725. The first-order valence-corrected chi connectivity index (χ1v) is 7.88. The van der Waals surface area contributed by atoms with E-state index in [1.165, 1.54) is 11.0 Å². The number of hydrogen-bond donors (Lipinski definition) is 0. The highest BCUT2D eigenvalue weighted by Gasteiger charge is 2.14. The molecule has 23 heavy (non-hydrogen) atoms. The average molecular weight is 424 g/mol. The molecule has 0 atom stereocenters. The number of ether oxygens (including phenoxy) is 2. The van der Waals surface area contributed by atoms with Gasteiger partial charge < -0.3 is 14.4 Å². The number of carbonyl (C=O) groups is 1. The SMILES string of the molecule is C#CCOc1c(I)cc(/C=C(/C#N)C(=O)N(C)C)cc1OCC. The minimum atomic E-state index is -0.354. The van der Waals surface area contributed by atoms with Gasteiger partial charge in [0.15, 0.2) is 11.5 Å². The summed E-state index contributed by atoms with van der Waals surface area (Å²) in [5.74, 6) is 3.14. The van der Waals surface area contributed by atoms with Crippen LogP contribution in [0.4, 0.5) is 0 Å². The number of carbonyl (C=O) groups excluding carboxylic acids is 1. The fourth-order valence-corrected chi connectivity index (χ4v) is 2.52. The number of hydrogen-bond acceptors (Lipinski definition) is 4. The molecule has 0 fully saturated rings. The summed E-state index contributed by atoms with van der Waals surface area (Å²) in [7, 11) is 3.19. The Morgan fingerprint density at radius 3 is 2.65 bits per heavy atom. The maximum Gasteiger partial charge on any atom is 0.264 e. The van der Waals surface area contributed by atoms with Gasteiger partial charge in [-0.1, -0.05) is 5.92 Å². The lowest BCUT2D eigenvalue weighted by Crippen LogP contribution is -2.22. The molecule has 0 N–H and O–H groups in total. The lowest BCUT2D eigenvalue weighted by Gasteiger charge is -2.14. The summed E-state index contributed by atoms with van der Waals surface area (Å²) >= 11 is 2.10. The minimum Gasteiger partial charge on any atom is -0.490 e. The van der Waals surface area contributed by atoms with Gasteiger partial charge in [0.2, 0.25) is 0 Å². The number of terminal acetylenes is 1. The summed E-state index contributed by atoms with van der Waals surface area (Å²) in [6.07, 6.45) is 6.75. The van der Waals surface area contributed by atoms with Crippen LogP contribution >= 0.6 is 22.6 Å². The maximum absolute atomic E-state index is 11.9. The van der Waals surface area contributed by atoms with Crippen molar-refractivity contribution in [1.29, 1.82) is 5.26 Å². The van der Waals surface area contributed by atoms with E-state index in [4.69, 9.17) is 15.9 Å². The molecular weight excluding hydrogens is 407 g/mol. The Hall–Kier alpha value is -2.19. The molecule has 6 heteroatoms. The second-order valence-corrected chi connectivity index (χ2v) is 5.79. The van der Waals surface area contributed by atoms with Gasteiger partial charge in [-0.15, -0.1) is 6.42 Å². The molecule has 0 radical (unpaired) electrons. The Bertz CT molecular complexity index is 697. The zero-order valence-corrected chi connectivity index (χ0v) is 15.4. The third-order valence-corrected chi connectivity index (χ3v) is 3.50. The van der Waals surface area contributed by atoms with Crippen LogP contribution in [0, 0.1) is 27.2 Å². The fourth-order valence-electron chi connectivity index (χ4n) is 1.74. The highest BCUT2D eigenvalue weighted by Crippen LogP contribution is 2.35. The molecule has 0 bridgehead atoms. The van der Waals surface area contributed by atoms with Gasteiger partial charge in [0, 0.05) is 14.1 Å². The Kier molecular flexibility index (Phi) is 7.43. The number of nitriles is 1. The number of likely N-dealkylation sites (N-methyl/N-ethyl adjacent to an activating group) is 1. The molecule has 0 aliphatic heterocycles. The van der Waals surface area contributed by atoms with Crippen LogP contribution in [-0.2, 0) is 4.79 Å². The van der Waals surface area contributed by atoms with Crippen molar-refractivity contribution in [2.75, 3.05) is 27.3 Å². The van der Waals surface area contributed by atoms with Crippen LogP contribution in [0.15, 0.2) is 17.7 Å². The smallest absolute Gasteiger partial charge is 0.264 e. The summed E-state index contributed by atoms with van der Waals surface area (Å²) in [6, 6.07) is 5.44. The van der Waals surface area contributed by atoms with Crippen LogP contribution in [0.2, 0.25) is 0 Å². The second-order valence-electron chi connectivity index (χ2n) is 4.63. The third-order valence-electron chi connectivity index (χ3n) is 2.70. The molecule has 5 nitrogen and oxygen atoms in total. The summed E-state index contributed by atoms with van der Waals surface area (Å²) in [4.78, 5) is 13.3. The molecule has 0 heterocycles. The summed E-state index contributed by atoms with van der Waals surface area (Å²) < 4.78 is 11.9. The van der Waals surface area contributed by atoms with E-state index in [2.05, 4.69) is 28.5 Å². The Balaban J connectivity index is 3.31.